The number of aliphatic carboxylic acids is 1. The van der Waals surface area contributed by atoms with Gasteiger partial charge in [-0.1, -0.05) is 5.16 Å². The Morgan fingerprint density at radius 2 is 2.12 bits per heavy atom. The number of β-lactam (4-membered cyclic amide) rings is 1. The molecule has 32 heavy (non-hydrogen) atoms. The summed E-state index contributed by atoms with van der Waals surface area (Å²) in [5, 5.41) is 17.2. The van der Waals surface area contributed by atoms with Crippen LogP contribution in [0.25, 0.3) is 0 Å². The predicted molar refractivity (Wildman–Crippen MR) is 112 cm³/mol. The second kappa shape index (κ2) is 8.66. The highest BCUT2D eigenvalue weighted by Gasteiger charge is 2.54. The number of ether oxygens (including phenoxy) is 1. The van der Waals surface area contributed by atoms with Gasteiger partial charge in [-0.05, 0) is 12.8 Å². The number of thiazole rings is 1. The molecule has 2 atom stereocenters. The lowest BCUT2D eigenvalue weighted by atomic mass is 10.0. The van der Waals surface area contributed by atoms with E-state index >= 15 is 0 Å². The number of primary amides is 1. The zero-order valence-corrected chi connectivity index (χ0v) is 18.0. The van der Waals surface area contributed by atoms with E-state index in [1.807, 2.05) is 0 Å². The summed E-state index contributed by atoms with van der Waals surface area (Å²) in [6, 6.07) is -0.984. The summed E-state index contributed by atoms with van der Waals surface area (Å²) in [6.45, 7) is -0.349. The Morgan fingerprint density at radius 3 is 2.72 bits per heavy atom. The molecule has 3 amide bonds. The number of nitrogens with one attached hydrogen (secondary N) is 1. The van der Waals surface area contributed by atoms with E-state index in [0.29, 0.717) is 0 Å². The van der Waals surface area contributed by atoms with Crippen molar-refractivity contribution >= 4 is 57.8 Å². The monoisotopic (exact) mass is 482 g/mol. The van der Waals surface area contributed by atoms with Crippen molar-refractivity contribution in [2.24, 2.45) is 10.9 Å². The topological polar surface area (TPSA) is 200 Å². The number of hydrogen-bond acceptors (Lipinski definition) is 11. The van der Waals surface area contributed by atoms with Crippen LogP contribution in [0.15, 0.2) is 21.8 Å². The van der Waals surface area contributed by atoms with Crippen molar-refractivity contribution in [3.8, 4) is 0 Å². The Bertz CT molecular complexity index is 1050. The molecule has 13 nitrogen and oxygen atoms in total. The van der Waals surface area contributed by atoms with Crippen LogP contribution in [-0.2, 0) is 24.0 Å². The van der Waals surface area contributed by atoms with Crippen molar-refractivity contribution < 1.29 is 33.9 Å². The zero-order valence-electron chi connectivity index (χ0n) is 16.3. The van der Waals surface area contributed by atoms with Gasteiger partial charge in [0.15, 0.2) is 10.8 Å². The van der Waals surface area contributed by atoms with Crippen molar-refractivity contribution in [1.82, 2.24) is 15.2 Å². The largest absolute Gasteiger partial charge is 0.477 e. The van der Waals surface area contributed by atoms with Crippen molar-refractivity contribution in [2.75, 3.05) is 18.1 Å². The fraction of sp³-hybridized carbons (Fsp3) is 0.412. The van der Waals surface area contributed by atoms with Gasteiger partial charge in [0.25, 0.3) is 11.8 Å². The van der Waals surface area contributed by atoms with Crippen molar-refractivity contribution in [2.45, 2.75) is 30.4 Å². The Hall–Kier alpha value is -3.33. The van der Waals surface area contributed by atoms with E-state index in [4.69, 9.17) is 16.3 Å². The second-order valence-electron chi connectivity index (χ2n) is 7.04. The van der Waals surface area contributed by atoms with Crippen LogP contribution in [-0.4, -0.2) is 74.5 Å². The molecule has 4 rings (SSSR count). The van der Waals surface area contributed by atoms with Gasteiger partial charge in [-0.25, -0.2) is 14.6 Å². The van der Waals surface area contributed by atoms with Crippen LogP contribution in [0.4, 0.5) is 9.93 Å². The van der Waals surface area contributed by atoms with E-state index in [1.165, 1.54) is 11.8 Å². The third-order valence-corrected chi connectivity index (χ3v) is 6.74. The third-order valence-electron chi connectivity index (χ3n) is 4.72. The van der Waals surface area contributed by atoms with E-state index in [2.05, 4.69) is 20.2 Å². The smallest absolute Gasteiger partial charge is 0.404 e. The van der Waals surface area contributed by atoms with Gasteiger partial charge in [-0.15, -0.1) is 23.1 Å². The molecule has 0 unspecified atom stereocenters. The zero-order chi connectivity index (χ0) is 23.0. The lowest BCUT2D eigenvalue weighted by molar-refractivity contribution is -0.150. The first-order valence-corrected chi connectivity index (χ1v) is 11.3. The number of rotatable bonds is 8. The van der Waals surface area contributed by atoms with Crippen molar-refractivity contribution in [1.29, 1.82) is 0 Å². The van der Waals surface area contributed by atoms with Gasteiger partial charge in [0.05, 0.1) is 0 Å². The average Bonchev–Trinajstić information content (AvgIpc) is 3.48. The molecule has 0 radical (unpaired) electrons. The number of anilines is 1. The fourth-order valence-electron chi connectivity index (χ4n) is 3.06. The summed E-state index contributed by atoms with van der Waals surface area (Å²) in [6.07, 6.45) is 0.543. The number of carbonyl (C=O) groups is 4. The first-order valence-electron chi connectivity index (χ1n) is 9.34. The van der Waals surface area contributed by atoms with E-state index in [-0.39, 0.29) is 46.3 Å². The number of carbonyl (C=O) groups excluding carboxylic acids is 3. The number of nitrogen functional groups attached to an aromatic ring is 1. The maximum absolute atomic E-state index is 12.9. The molecular formula is C17H18N6O7S2. The molecule has 3 heterocycles. The fourth-order valence-corrected chi connectivity index (χ4v) is 4.94. The molecule has 0 spiro atoms. The number of fused-ring (bicyclic) bond motifs is 1. The van der Waals surface area contributed by atoms with Crippen molar-refractivity contribution in [3.05, 3.63) is 22.3 Å². The number of carboxylic acid groups (broad SMARTS) is 1. The van der Waals surface area contributed by atoms with E-state index in [0.717, 1.165) is 29.1 Å². The van der Waals surface area contributed by atoms with Crippen LogP contribution in [0.3, 0.4) is 0 Å². The molecule has 1 aliphatic carbocycles. The van der Waals surface area contributed by atoms with Gasteiger partial charge in [0.2, 0.25) is 0 Å². The third kappa shape index (κ3) is 4.34. The minimum Gasteiger partial charge on any atom is -0.477 e. The maximum Gasteiger partial charge on any atom is 0.404 e. The van der Waals surface area contributed by atoms with Gasteiger partial charge in [0, 0.05) is 16.7 Å². The SMILES string of the molecule is NC(=O)OCC1=C(C(=O)O)N2C(=O)[C@@H](NC(=O)C(=NOC3CC3)c3csc(N)n3)[C@H]2SC1. The van der Waals surface area contributed by atoms with Gasteiger partial charge >= 0.3 is 12.1 Å². The number of amides is 3. The molecule has 1 saturated heterocycles. The molecule has 2 aliphatic heterocycles. The number of oxime groups is 1. The second-order valence-corrected chi connectivity index (χ2v) is 9.04. The summed E-state index contributed by atoms with van der Waals surface area (Å²) in [7, 11) is 0. The van der Waals surface area contributed by atoms with Crippen LogP contribution in [0, 0.1) is 0 Å². The molecule has 6 N–H and O–H groups in total. The van der Waals surface area contributed by atoms with Gasteiger partial charge in [-0.2, -0.15) is 0 Å². The van der Waals surface area contributed by atoms with Crippen LogP contribution >= 0.6 is 23.1 Å². The van der Waals surface area contributed by atoms with Gasteiger partial charge in [-0.3, -0.25) is 14.5 Å². The molecule has 1 aromatic rings. The number of nitrogens with two attached hydrogens (primary N) is 2. The highest BCUT2D eigenvalue weighted by Crippen LogP contribution is 2.40. The first kappa shape index (κ1) is 21.9. The summed E-state index contributed by atoms with van der Waals surface area (Å²) in [4.78, 5) is 58.6. The number of nitrogens with zero attached hydrogens (tertiary/aromatic N) is 3. The minimum absolute atomic E-state index is 0.0622. The molecule has 1 aromatic heterocycles. The summed E-state index contributed by atoms with van der Waals surface area (Å²) >= 11 is 2.34. The molecule has 2 fully saturated rings. The molecule has 0 bridgehead atoms. The highest BCUT2D eigenvalue weighted by atomic mass is 32.2. The Kier molecular flexibility index (Phi) is 5.92. The van der Waals surface area contributed by atoms with Crippen LogP contribution in [0.1, 0.15) is 18.5 Å². The van der Waals surface area contributed by atoms with Gasteiger partial charge < -0.3 is 31.5 Å². The van der Waals surface area contributed by atoms with Gasteiger partial charge in [0.1, 0.15) is 35.5 Å². The lowest BCUT2D eigenvalue weighted by Crippen LogP contribution is -2.71. The Labute approximate surface area is 188 Å². The number of aromatic nitrogens is 1. The van der Waals surface area contributed by atoms with Crippen LogP contribution in [0.5, 0.6) is 0 Å². The molecule has 1 saturated carbocycles. The quantitative estimate of drug-likeness (QED) is 0.211. The standard InChI is InChI=1S/C17H18N6O7S2/c18-16-20-8(5-32-16)9(22-30-7-1-2-7)12(24)21-10-13(25)23-11(15(26)27)6(3-29-17(19)28)4-31-14(10)23/h5,7,10,14H,1-4H2,(H2,18,20)(H2,19,28)(H,21,24)(H,26,27)/t10-,14-/m1/s1. The molecule has 170 valence electrons. The van der Waals surface area contributed by atoms with Crippen LogP contribution in [0.2, 0.25) is 0 Å². The average molecular weight is 483 g/mol. The molecule has 0 aromatic carbocycles. The Balaban J connectivity index is 1.50. The minimum atomic E-state index is -1.35. The summed E-state index contributed by atoms with van der Waals surface area (Å²) in [5.41, 5.74) is 10.6. The molecular weight excluding hydrogens is 464 g/mol. The number of thioether (sulfide) groups is 1. The van der Waals surface area contributed by atoms with E-state index in [9.17, 15) is 24.3 Å². The highest BCUT2D eigenvalue weighted by molar-refractivity contribution is 8.00. The van der Waals surface area contributed by atoms with E-state index < -0.39 is 35.3 Å². The first-order chi connectivity index (χ1) is 15.3. The lowest BCUT2D eigenvalue weighted by Gasteiger charge is -2.49. The molecule has 3 aliphatic rings. The number of carboxylic acids is 1. The predicted octanol–water partition coefficient (Wildman–Crippen LogP) is -0.558. The maximum atomic E-state index is 12.9. The number of hydrogen-bond donors (Lipinski definition) is 4. The molecule has 15 heteroatoms. The summed E-state index contributed by atoms with van der Waals surface area (Å²) in [5.74, 6) is -2.50. The van der Waals surface area contributed by atoms with Crippen molar-refractivity contribution in [3.63, 3.8) is 0 Å². The summed E-state index contributed by atoms with van der Waals surface area (Å²) < 4.78 is 4.68. The Morgan fingerprint density at radius 1 is 1.38 bits per heavy atom. The van der Waals surface area contributed by atoms with Crippen LogP contribution < -0.4 is 16.8 Å². The normalized spacial score (nSPS) is 22.7. The van der Waals surface area contributed by atoms with E-state index in [1.54, 1.807) is 5.38 Å².